The Morgan fingerprint density at radius 1 is 1.67 bits per heavy atom. The standard InChI is InChI=1S/C10H14O2/c1-2-9(10(11)12)8-6-4-3-5-7-8/h4,6-7,9H,2-3,5H2,1H3,(H,11,12). The van der Waals surface area contributed by atoms with Crippen molar-refractivity contribution >= 4 is 5.97 Å². The molecule has 1 aliphatic carbocycles. The Hall–Kier alpha value is -1.05. The molecule has 0 aromatic heterocycles. The van der Waals surface area contributed by atoms with Crippen LogP contribution in [0.15, 0.2) is 23.8 Å². The Kier molecular flexibility index (Phi) is 3.09. The van der Waals surface area contributed by atoms with E-state index in [1.807, 2.05) is 25.2 Å². The number of carbonyl (C=O) groups is 1. The number of aliphatic carboxylic acids is 1. The molecule has 1 rings (SSSR count). The fourth-order valence-corrected chi connectivity index (χ4v) is 1.44. The summed E-state index contributed by atoms with van der Waals surface area (Å²) in [6.07, 6.45) is 8.70. The summed E-state index contributed by atoms with van der Waals surface area (Å²) < 4.78 is 0. The van der Waals surface area contributed by atoms with Gasteiger partial charge in [0.25, 0.3) is 0 Å². The molecule has 0 spiro atoms. The van der Waals surface area contributed by atoms with E-state index in [1.54, 1.807) is 0 Å². The first-order chi connectivity index (χ1) is 5.75. The molecule has 1 atom stereocenters. The van der Waals surface area contributed by atoms with E-state index < -0.39 is 5.97 Å². The number of carboxylic acids is 1. The summed E-state index contributed by atoms with van der Waals surface area (Å²) in [6, 6.07) is 0. The summed E-state index contributed by atoms with van der Waals surface area (Å²) in [4.78, 5) is 10.8. The van der Waals surface area contributed by atoms with Crippen molar-refractivity contribution in [2.45, 2.75) is 26.2 Å². The van der Waals surface area contributed by atoms with Crippen molar-refractivity contribution in [1.29, 1.82) is 0 Å². The van der Waals surface area contributed by atoms with Crippen molar-refractivity contribution in [3.8, 4) is 0 Å². The van der Waals surface area contributed by atoms with Gasteiger partial charge in [0.15, 0.2) is 0 Å². The van der Waals surface area contributed by atoms with Crippen molar-refractivity contribution in [3.63, 3.8) is 0 Å². The number of allylic oxidation sites excluding steroid dienone is 3. The molecule has 1 unspecified atom stereocenters. The molecule has 12 heavy (non-hydrogen) atoms. The summed E-state index contributed by atoms with van der Waals surface area (Å²) in [5.74, 6) is -1.02. The Morgan fingerprint density at radius 2 is 2.42 bits per heavy atom. The molecule has 0 aromatic rings. The molecule has 0 saturated heterocycles. The van der Waals surface area contributed by atoms with Gasteiger partial charge in [-0.25, -0.2) is 0 Å². The van der Waals surface area contributed by atoms with E-state index in [0.29, 0.717) is 6.42 Å². The van der Waals surface area contributed by atoms with Crippen molar-refractivity contribution in [3.05, 3.63) is 23.8 Å². The van der Waals surface area contributed by atoms with Gasteiger partial charge in [0, 0.05) is 0 Å². The predicted molar refractivity (Wildman–Crippen MR) is 47.9 cm³/mol. The fraction of sp³-hybridized carbons (Fsp3) is 0.500. The normalized spacial score (nSPS) is 18.6. The van der Waals surface area contributed by atoms with Gasteiger partial charge < -0.3 is 5.11 Å². The second kappa shape index (κ2) is 4.10. The molecule has 0 amide bonds. The minimum Gasteiger partial charge on any atom is -0.481 e. The number of rotatable bonds is 3. The average molecular weight is 166 g/mol. The Balaban J connectivity index is 2.71. The van der Waals surface area contributed by atoms with Crippen LogP contribution in [0, 0.1) is 5.92 Å². The van der Waals surface area contributed by atoms with Gasteiger partial charge in [-0.3, -0.25) is 4.79 Å². The Morgan fingerprint density at radius 3 is 2.83 bits per heavy atom. The largest absolute Gasteiger partial charge is 0.481 e. The van der Waals surface area contributed by atoms with E-state index >= 15 is 0 Å². The van der Waals surface area contributed by atoms with Crippen LogP contribution in [0.2, 0.25) is 0 Å². The van der Waals surface area contributed by atoms with Gasteiger partial charge in [-0.05, 0) is 24.8 Å². The summed E-state index contributed by atoms with van der Waals surface area (Å²) in [7, 11) is 0. The highest BCUT2D eigenvalue weighted by Crippen LogP contribution is 2.21. The van der Waals surface area contributed by atoms with Gasteiger partial charge in [-0.15, -0.1) is 0 Å². The van der Waals surface area contributed by atoms with Gasteiger partial charge in [0.2, 0.25) is 0 Å². The highest BCUT2D eigenvalue weighted by molar-refractivity contribution is 5.74. The van der Waals surface area contributed by atoms with Gasteiger partial charge in [0.05, 0.1) is 5.92 Å². The summed E-state index contributed by atoms with van der Waals surface area (Å²) in [5.41, 5.74) is 0.969. The maximum absolute atomic E-state index is 10.8. The fourth-order valence-electron chi connectivity index (χ4n) is 1.44. The lowest BCUT2D eigenvalue weighted by Gasteiger charge is -2.13. The summed E-state index contributed by atoms with van der Waals surface area (Å²) in [5, 5.41) is 8.85. The second-order valence-electron chi connectivity index (χ2n) is 2.98. The van der Waals surface area contributed by atoms with Crippen LogP contribution in [0.25, 0.3) is 0 Å². The molecule has 0 aromatic carbocycles. The second-order valence-corrected chi connectivity index (χ2v) is 2.98. The zero-order chi connectivity index (χ0) is 8.97. The highest BCUT2D eigenvalue weighted by Gasteiger charge is 2.18. The number of hydrogen-bond acceptors (Lipinski definition) is 1. The Labute approximate surface area is 72.6 Å². The van der Waals surface area contributed by atoms with Crippen molar-refractivity contribution in [2.24, 2.45) is 5.92 Å². The molecule has 0 radical (unpaired) electrons. The minimum atomic E-state index is -0.713. The van der Waals surface area contributed by atoms with Crippen LogP contribution in [-0.4, -0.2) is 11.1 Å². The van der Waals surface area contributed by atoms with Gasteiger partial charge in [0.1, 0.15) is 0 Å². The van der Waals surface area contributed by atoms with Crippen molar-refractivity contribution in [2.75, 3.05) is 0 Å². The lowest BCUT2D eigenvalue weighted by atomic mass is 9.92. The first-order valence-electron chi connectivity index (χ1n) is 4.35. The van der Waals surface area contributed by atoms with Crippen molar-refractivity contribution in [1.82, 2.24) is 0 Å². The topological polar surface area (TPSA) is 37.3 Å². The van der Waals surface area contributed by atoms with E-state index in [-0.39, 0.29) is 5.92 Å². The third-order valence-electron chi connectivity index (χ3n) is 2.13. The lowest BCUT2D eigenvalue weighted by Crippen LogP contribution is -2.14. The Bertz CT molecular complexity index is 226. The van der Waals surface area contributed by atoms with Crippen LogP contribution in [0.5, 0.6) is 0 Å². The minimum absolute atomic E-state index is 0.304. The maximum atomic E-state index is 10.8. The van der Waals surface area contributed by atoms with Gasteiger partial charge in [-0.2, -0.15) is 0 Å². The van der Waals surface area contributed by atoms with E-state index in [9.17, 15) is 4.79 Å². The van der Waals surface area contributed by atoms with Crippen LogP contribution >= 0.6 is 0 Å². The van der Waals surface area contributed by atoms with E-state index in [2.05, 4.69) is 0 Å². The monoisotopic (exact) mass is 166 g/mol. The molecule has 0 saturated carbocycles. The third-order valence-corrected chi connectivity index (χ3v) is 2.13. The molecule has 0 fully saturated rings. The first-order valence-corrected chi connectivity index (χ1v) is 4.35. The van der Waals surface area contributed by atoms with Crippen LogP contribution < -0.4 is 0 Å². The molecule has 0 aliphatic heterocycles. The average Bonchev–Trinajstić information content (AvgIpc) is 2.07. The summed E-state index contributed by atoms with van der Waals surface area (Å²) >= 11 is 0. The molecular formula is C10H14O2. The van der Waals surface area contributed by atoms with E-state index in [1.165, 1.54) is 0 Å². The number of carboxylic acid groups (broad SMARTS) is 1. The van der Waals surface area contributed by atoms with E-state index in [4.69, 9.17) is 5.11 Å². The molecular weight excluding hydrogens is 152 g/mol. The SMILES string of the molecule is CCC(C(=O)O)C1=CCCC=C1. The molecule has 1 aliphatic rings. The van der Waals surface area contributed by atoms with E-state index in [0.717, 1.165) is 18.4 Å². The molecule has 2 nitrogen and oxygen atoms in total. The van der Waals surface area contributed by atoms with Gasteiger partial charge >= 0.3 is 5.97 Å². The summed E-state index contributed by atoms with van der Waals surface area (Å²) in [6.45, 7) is 1.90. The van der Waals surface area contributed by atoms with Crippen LogP contribution in [0.1, 0.15) is 26.2 Å². The lowest BCUT2D eigenvalue weighted by molar-refractivity contribution is -0.140. The molecule has 1 N–H and O–H groups in total. The number of hydrogen-bond donors (Lipinski definition) is 1. The maximum Gasteiger partial charge on any atom is 0.310 e. The third kappa shape index (κ3) is 1.97. The van der Waals surface area contributed by atoms with Crippen molar-refractivity contribution < 1.29 is 9.90 Å². The zero-order valence-electron chi connectivity index (χ0n) is 7.29. The zero-order valence-corrected chi connectivity index (χ0v) is 7.29. The van der Waals surface area contributed by atoms with Gasteiger partial charge in [-0.1, -0.05) is 25.2 Å². The van der Waals surface area contributed by atoms with Crippen LogP contribution in [0.3, 0.4) is 0 Å². The quantitative estimate of drug-likeness (QED) is 0.698. The predicted octanol–water partition coefficient (Wildman–Crippen LogP) is 2.37. The van der Waals surface area contributed by atoms with Crippen LogP contribution in [-0.2, 0) is 4.79 Å². The van der Waals surface area contributed by atoms with Crippen LogP contribution in [0.4, 0.5) is 0 Å². The molecule has 2 heteroatoms. The highest BCUT2D eigenvalue weighted by atomic mass is 16.4. The molecule has 66 valence electrons. The molecule has 0 heterocycles. The molecule has 0 bridgehead atoms. The first kappa shape index (κ1) is 9.04. The smallest absolute Gasteiger partial charge is 0.310 e.